The molecule has 0 saturated heterocycles. The van der Waals surface area contributed by atoms with E-state index in [1.165, 1.54) is 22.3 Å². The van der Waals surface area contributed by atoms with Gasteiger partial charge in [0.05, 0.1) is 19.2 Å². The quantitative estimate of drug-likeness (QED) is 0.862. The van der Waals surface area contributed by atoms with Crippen molar-refractivity contribution in [3.63, 3.8) is 0 Å². The molecule has 1 unspecified atom stereocenters. The molecule has 2 aromatic carbocycles. The number of nitrogens with zero attached hydrogens (tertiary/aromatic N) is 1. The number of aryl methyl sites for hydroxylation is 2. The smallest absolute Gasteiger partial charge is 0.285 e. The summed E-state index contributed by atoms with van der Waals surface area (Å²) in [5.74, 6) is 0.911. The van der Waals surface area contributed by atoms with E-state index in [9.17, 15) is 0 Å². The van der Waals surface area contributed by atoms with Gasteiger partial charge in [-0.1, -0.05) is 30.3 Å². The van der Waals surface area contributed by atoms with Crippen molar-refractivity contribution in [1.82, 2.24) is 5.32 Å². The molecule has 4 nitrogen and oxygen atoms in total. The molecule has 3 rings (SSSR count). The third-order valence-corrected chi connectivity index (χ3v) is 4.57. The molecule has 4 heteroatoms. The molecule has 0 amide bonds. The number of amidine groups is 1. The van der Waals surface area contributed by atoms with E-state index < -0.39 is 0 Å². The summed E-state index contributed by atoms with van der Waals surface area (Å²) in [5.41, 5.74) is 5.06. The molecule has 132 valence electrons. The summed E-state index contributed by atoms with van der Waals surface area (Å²) in [5, 5.41) is 3.45. The standard InChI is InChI=1S/C21H26N2O2/c1-15-6-4-8-18(14-15)24-12-10-20(23-21-22-11-13-25-21)19-9-5-7-16(2)17(19)3/h4-9,14,20H,10-13H2,1-3H3,(H,22,23). The van der Waals surface area contributed by atoms with Crippen LogP contribution in [-0.4, -0.2) is 25.8 Å². The summed E-state index contributed by atoms with van der Waals surface area (Å²) in [6.45, 7) is 8.38. The van der Waals surface area contributed by atoms with Gasteiger partial charge in [0.25, 0.3) is 6.02 Å². The van der Waals surface area contributed by atoms with Crippen LogP contribution in [0, 0.1) is 20.8 Å². The van der Waals surface area contributed by atoms with Crippen molar-refractivity contribution in [2.45, 2.75) is 33.2 Å². The number of nitrogens with one attached hydrogen (secondary N) is 1. The molecule has 1 atom stereocenters. The monoisotopic (exact) mass is 338 g/mol. The van der Waals surface area contributed by atoms with E-state index in [0.717, 1.165) is 18.7 Å². The van der Waals surface area contributed by atoms with E-state index >= 15 is 0 Å². The Morgan fingerprint density at radius 3 is 2.76 bits per heavy atom. The molecule has 1 aliphatic heterocycles. The Morgan fingerprint density at radius 2 is 2.00 bits per heavy atom. The lowest BCUT2D eigenvalue weighted by Crippen LogP contribution is -2.30. The van der Waals surface area contributed by atoms with Gasteiger partial charge in [-0.25, -0.2) is 4.99 Å². The van der Waals surface area contributed by atoms with Gasteiger partial charge in [0.15, 0.2) is 0 Å². The first-order chi connectivity index (χ1) is 12.1. The maximum atomic E-state index is 5.95. The van der Waals surface area contributed by atoms with Crippen molar-refractivity contribution >= 4 is 6.02 Å². The van der Waals surface area contributed by atoms with Crippen molar-refractivity contribution in [3.05, 3.63) is 64.7 Å². The number of hydrogen-bond donors (Lipinski definition) is 1. The van der Waals surface area contributed by atoms with Crippen LogP contribution < -0.4 is 10.1 Å². The van der Waals surface area contributed by atoms with E-state index in [-0.39, 0.29) is 6.04 Å². The lowest BCUT2D eigenvalue weighted by atomic mass is 9.96. The van der Waals surface area contributed by atoms with Crippen LogP contribution in [-0.2, 0) is 4.74 Å². The van der Waals surface area contributed by atoms with Gasteiger partial charge in [-0.15, -0.1) is 0 Å². The third-order valence-electron chi connectivity index (χ3n) is 4.57. The van der Waals surface area contributed by atoms with Crippen LogP contribution in [0.3, 0.4) is 0 Å². The van der Waals surface area contributed by atoms with Crippen molar-refractivity contribution in [2.75, 3.05) is 19.8 Å². The van der Waals surface area contributed by atoms with Crippen LogP contribution in [0.1, 0.15) is 34.7 Å². The zero-order chi connectivity index (χ0) is 17.6. The van der Waals surface area contributed by atoms with Crippen LogP contribution in [0.2, 0.25) is 0 Å². The molecular formula is C21H26N2O2. The van der Waals surface area contributed by atoms with Crippen LogP contribution in [0.15, 0.2) is 47.5 Å². The molecule has 0 spiro atoms. The minimum Gasteiger partial charge on any atom is -0.493 e. The Kier molecular flexibility index (Phi) is 5.59. The topological polar surface area (TPSA) is 42.8 Å². The summed E-state index contributed by atoms with van der Waals surface area (Å²) in [6, 6.07) is 15.3. The van der Waals surface area contributed by atoms with E-state index in [4.69, 9.17) is 9.47 Å². The Balaban J connectivity index is 1.70. The first-order valence-electron chi connectivity index (χ1n) is 8.83. The van der Waals surface area contributed by atoms with E-state index in [0.29, 0.717) is 19.2 Å². The average Bonchev–Trinajstić information content (AvgIpc) is 3.10. The van der Waals surface area contributed by atoms with E-state index in [1.807, 2.05) is 12.1 Å². The van der Waals surface area contributed by atoms with Gasteiger partial charge in [0, 0.05) is 6.42 Å². The summed E-state index contributed by atoms with van der Waals surface area (Å²) >= 11 is 0. The maximum absolute atomic E-state index is 5.95. The molecule has 0 aliphatic carbocycles. The van der Waals surface area contributed by atoms with Crippen LogP contribution >= 0.6 is 0 Å². The Bertz CT molecular complexity index is 755. The molecule has 0 saturated carbocycles. The summed E-state index contributed by atoms with van der Waals surface area (Å²) in [6.07, 6.45) is 0.834. The Hall–Kier alpha value is -2.49. The highest BCUT2D eigenvalue weighted by molar-refractivity contribution is 5.75. The predicted octanol–water partition coefficient (Wildman–Crippen LogP) is 4.10. The molecule has 1 heterocycles. The minimum absolute atomic E-state index is 0.113. The van der Waals surface area contributed by atoms with Gasteiger partial charge in [0.1, 0.15) is 12.4 Å². The number of benzene rings is 2. The highest BCUT2D eigenvalue weighted by Gasteiger charge is 2.19. The molecule has 1 aliphatic rings. The molecule has 0 fully saturated rings. The first kappa shape index (κ1) is 17.3. The number of aliphatic imine (C=N–C) groups is 1. The van der Waals surface area contributed by atoms with Gasteiger partial charge < -0.3 is 14.8 Å². The summed E-state index contributed by atoms with van der Waals surface area (Å²) in [7, 11) is 0. The van der Waals surface area contributed by atoms with Gasteiger partial charge in [-0.3, -0.25) is 0 Å². The molecule has 25 heavy (non-hydrogen) atoms. The lowest BCUT2D eigenvalue weighted by molar-refractivity contribution is 0.282. The summed E-state index contributed by atoms with van der Waals surface area (Å²) in [4.78, 5) is 4.37. The van der Waals surface area contributed by atoms with Crippen LogP contribution in [0.4, 0.5) is 0 Å². The van der Waals surface area contributed by atoms with Crippen LogP contribution in [0.5, 0.6) is 5.75 Å². The van der Waals surface area contributed by atoms with E-state index in [1.54, 1.807) is 0 Å². The second kappa shape index (κ2) is 8.06. The fourth-order valence-electron chi connectivity index (χ4n) is 3.03. The maximum Gasteiger partial charge on any atom is 0.285 e. The van der Waals surface area contributed by atoms with Gasteiger partial charge in [-0.2, -0.15) is 0 Å². The molecule has 1 N–H and O–H groups in total. The van der Waals surface area contributed by atoms with Crippen molar-refractivity contribution in [2.24, 2.45) is 4.99 Å². The fraction of sp³-hybridized carbons (Fsp3) is 0.381. The molecule has 0 aromatic heterocycles. The average molecular weight is 338 g/mol. The molecule has 0 radical (unpaired) electrons. The van der Waals surface area contributed by atoms with Gasteiger partial charge in [0.2, 0.25) is 0 Å². The minimum atomic E-state index is 0.113. The van der Waals surface area contributed by atoms with Crippen LogP contribution in [0.25, 0.3) is 0 Å². The van der Waals surface area contributed by atoms with Crippen molar-refractivity contribution < 1.29 is 9.47 Å². The largest absolute Gasteiger partial charge is 0.493 e. The normalized spacial score (nSPS) is 14.6. The second-order valence-electron chi connectivity index (χ2n) is 6.48. The number of ether oxygens (including phenoxy) is 2. The highest BCUT2D eigenvalue weighted by atomic mass is 16.5. The number of rotatable bonds is 6. The third kappa shape index (κ3) is 4.53. The zero-order valence-electron chi connectivity index (χ0n) is 15.2. The predicted molar refractivity (Wildman–Crippen MR) is 101 cm³/mol. The highest BCUT2D eigenvalue weighted by Crippen LogP contribution is 2.24. The Labute approximate surface area is 149 Å². The molecule has 0 bridgehead atoms. The van der Waals surface area contributed by atoms with Gasteiger partial charge >= 0.3 is 0 Å². The second-order valence-corrected chi connectivity index (χ2v) is 6.48. The SMILES string of the molecule is Cc1cccc(OCCC(NC2=NCCO2)c2cccc(C)c2C)c1. The summed E-state index contributed by atoms with van der Waals surface area (Å²) < 4.78 is 11.5. The van der Waals surface area contributed by atoms with Crippen molar-refractivity contribution in [1.29, 1.82) is 0 Å². The zero-order valence-corrected chi connectivity index (χ0v) is 15.2. The number of hydrogen-bond acceptors (Lipinski definition) is 4. The van der Waals surface area contributed by atoms with Crippen molar-refractivity contribution in [3.8, 4) is 5.75 Å². The molecular weight excluding hydrogens is 312 g/mol. The van der Waals surface area contributed by atoms with E-state index in [2.05, 4.69) is 61.4 Å². The molecule has 2 aromatic rings. The first-order valence-corrected chi connectivity index (χ1v) is 8.83. The lowest BCUT2D eigenvalue weighted by Gasteiger charge is -2.22. The fourth-order valence-corrected chi connectivity index (χ4v) is 3.03. The van der Waals surface area contributed by atoms with Gasteiger partial charge in [-0.05, 0) is 55.2 Å². The Morgan fingerprint density at radius 1 is 1.16 bits per heavy atom.